The van der Waals surface area contributed by atoms with Crippen LogP contribution in [0.15, 0.2) is 0 Å². The van der Waals surface area contributed by atoms with Crippen molar-refractivity contribution in [2.24, 2.45) is 0 Å². The van der Waals surface area contributed by atoms with Crippen LogP contribution in [0.25, 0.3) is 0 Å². The average Bonchev–Trinajstić information content (AvgIpc) is 2.98. The first-order chi connectivity index (χ1) is 20.3. The lowest BCUT2D eigenvalue weighted by molar-refractivity contribution is -0.145. The molecule has 41 heavy (non-hydrogen) atoms. The van der Waals surface area contributed by atoms with Crippen molar-refractivity contribution in [3.63, 3.8) is 0 Å². The number of alkyl halides is 1. The molecule has 0 aromatic rings. The number of rotatable bonds is 36. The predicted octanol–water partition coefficient (Wildman–Crippen LogP) is 2.25. The Labute approximate surface area is 245 Å². The molecule has 0 aromatic heterocycles. The number of esters is 1. The van der Waals surface area contributed by atoms with Gasteiger partial charge in [-0.1, -0.05) is 19.8 Å². The zero-order chi connectivity index (χ0) is 29.7. The summed E-state index contributed by atoms with van der Waals surface area (Å²) in [4.78, 5) is 11.4. The molecule has 0 bridgehead atoms. The number of carbonyl (C=O) groups excluding carboxylic acids is 1. The van der Waals surface area contributed by atoms with Crippen LogP contribution < -0.4 is 0 Å². The summed E-state index contributed by atoms with van der Waals surface area (Å²) in [5.74, 6) is -0.162. The van der Waals surface area contributed by atoms with Crippen molar-refractivity contribution in [2.45, 2.75) is 32.6 Å². The van der Waals surface area contributed by atoms with Crippen molar-refractivity contribution in [1.29, 1.82) is 0 Å². The Hall–Kier alpha value is -1.00. The van der Waals surface area contributed by atoms with Crippen molar-refractivity contribution >= 4 is 5.97 Å². The molecular formula is C28H55FO12. The monoisotopic (exact) mass is 602 g/mol. The van der Waals surface area contributed by atoms with Crippen LogP contribution in [-0.2, 0) is 56.9 Å². The van der Waals surface area contributed by atoms with Gasteiger partial charge in [-0.05, 0) is 6.42 Å². The van der Waals surface area contributed by atoms with E-state index < -0.39 is 6.67 Å². The standard InChI is InChI=1S/C28H55FO12/c1-2-3-4-5-28(30)41-27-26-40-25-24-39-23-22-38-21-20-37-19-18-36-17-16-35-15-14-34-13-12-33-11-10-32-9-8-31-7-6-29/h2-27H2,1H3. The van der Waals surface area contributed by atoms with Crippen LogP contribution in [0.5, 0.6) is 0 Å². The fraction of sp³-hybridized carbons (Fsp3) is 0.964. The maximum Gasteiger partial charge on any atom is 0.305 e. The molecule has 0 fully saturated rings. The van der Waals surface area contributed by atoms with Gasteiger partial charge in [-0.2, -0.15) is 0 Å². The quantitative estimate of drug-likeness (QED) is 0.0773. The Balaban J connectivity index is 3.06. The third-order valence-corrected chi connectivity index (χ3v) is 5.04. The van der Waals surface area contributed by atoms with Crippen LogP contribution in [0.4, 0.5) is 4.39 Å². The van der Waals surface area contributed by atoms with Crippen LogP contribution in [0.2, 0.25) is 0 Å². The lowest BCUT2D eigenvalue weighted by Gasteiger charge is -2.09. The molecule has 0 aromatic carbocycles. The van der Waals surface area contributed by atoms with Crippen molar-refractivity contribution in [1.82, 2.24) is 0 Å². The average molecular weight is 603 g/mol. The smallest absolute Gasteiger partial charge is 0.305 e. The van der Waals surface area contributed by atoms with Gasteiger partial charge in [0, 0.05) is 6.42 Å². The Kier molecular flexibility index (Phi) is 36.1. The molecule has 0 spiro atoms. The molecule has 0 saturated carbocycles. The third kappa shape index (κ3) is 37.0. The van der Waals surface area contributed by atoms with Crippen LogP contribution in [0.1, 0.15) is 32.6 Å². The second-order valence-electron chi connectivity index (χ2n) is 8.49. The fourth-order valence-corrected chi connectivity index (χ4v) is 2.94. The van der Waals surface area contributed by atoms with Gasteiger partial charge in [-0.25, -0.2) is 4.39 Å². The van der Waals surface area contributed by atoms with Gasteiger partial charge in [0.2, 0.25) is 0 Å². The van der Waals surface area contributed by atoms with Crippen LogP contribution >= 0.6 is 0 Å². The van der Waals surface area contributed by atoms with Crippen molar-refractivity contribution in [3.8, 4) is 0 Å². The highest BCUT2D eigenvalue weighted by atomic mass is 19.1. The van der Waals surface area contributed by atoms with Crippen LogP contribution in [-0.4, -0.2) is 151 Å². The molecule has 0 N–H and O–H groups in total. The highest BCUT2D eigenvalue weighted by Crippen LogP contribution is 2.00. The molecule has 0 heterocycles. The first-order valence-corrected chi connectivity index (χ1v) is 14.8. The summed E-state index contributed by atoms with van der Waals surface area (Å²) in [7, 11) is 0. The number of unbranched alkanes of at least 4 members (excludes halogenated alkanes) is 2. The fourth-order valence-electron chi connectivity index (χ4n) is 2.94. The highest BCUT2D eigenvalue weighted by molar-refractivity contribution is 5.69. The van der Waals surface area contributed by atoms with Crippen LogP contribution in [0, 0.1) is 0 Å². The van der Waals surface area contributed by atoms with Crippen molar-refractivity contribution in [2.75, 3.05) is 145 Å². The molecule has 0 aliphatic carbocycles. The van der Waals surface area contributed by atoms with E-state index in [-0.39, 0.29) is 19.2 Å². The molecule has 0 unspecified atom stereocenters. The summed E-state index contributed by atoms with van der Waals surface area (Å²) in [6, 6.07) is 0. The van der Waals surface area contributed by atoms with E-state index in [4.69, 9.17) is 52.1 Å². The number of hydrogen-bond acceptors (Lipinski definition) is 12. The molecule has 0 saturated heterocycles. The Morgan fingerprint density at radius 2 is 0.683 bits per heavy atom. The molecule has 0 aliphatic rings. The Bertz CT molecular complexity index is 505. The summed E-state index contributed by atoms with van der Waals surface area (Å²) in [6.45, 7) is 10.9. The first kappa shape index (κ1) is 40.0. The zero-order valence-corrected chi connectivity index (χ0v) is 25.2. The number of carbonyl (C=O) groups is 1. The molecule has 0 amide bonds. The van der Waals surface area contributed by atoms with Crippen LogP contribution in [0.3, 0.4) is 0 Å². The Morgan fingerprint density at radius 1 is 0.415 bits per heavy atom. The molecule has 12 nitrogen and oxygen atoms in total. The van der Waals surface area contributed by atoms with E-state index in [0.29, 0.717) is 132 Å². The highest BCUT2D eigenvalue weighted by Gasteiger charge is 2.02. The number of ether oxygens (including phenoxy) is 11. The molecule has 13 heteroatoms. The van der Waals surface area contributed by atoms with Gasteiger partial charge in [0.05, 0.1) is 132 Å². The Morgan fingerprint density at radius 3 is 0.951 bits per heavy atom. The van der Waals surface area contributed by atoms with E-state index in [9.17, 15) is 9.18 Å². The number of halogens is 1. The largest absolute Gasteiger partial charge is 0.463 e. The summed E-state index contributed by atoms with van der Waals surface area (Å²) < 4.78 is 70.5. The van der Waals surface area contributed by atoms with E-state index in [1.807, 2.05) is 0 Å². The molecular weight excluding hydrogens is 547 g/mol. The van der Waals surface area contributed by atoms with Gasteiger partial charge in [0.15, 0.2) is 0 Å². The van der Waals surface area contributed by atoms with E-state index in [1.54, 1.807) is 0 Å². The lowest BCUT2D eigenvalue weighted by atomic mass is 10.2. The summed E-state index contributed by atoms with van der Waals surface area (Å²) >= 11 is 0. The van der Waals surface area contributed by atoms with Gasteiger partial charge in [0.25, 0.3) is 0 Å². The van der Waals surface area contributed by atoms with E-state index in [0.717, 1.165) is 19.3 Å². The second-order valence-corrected chi connectivity index (χ2v) is 8.49. The van der Waals surface area contributed by atoms with Gasteiger partial charge >= 0.3 is 5.97 Å². The summed E-state index contributed by atoms with van der Waals surface area (Å²) in [5.41, 5.74) is 0. The van der Waals surface area contributed by atoms with E-state index in [1.165, 1.54) is 0 Å². The van der Waals surface area contributed by atoms with Crippen molar-refractivity contribution < 1.29 is 61.3 Å². The summed E-state index contributed by atoms with van der Waals surface area (Å²) in [5, 5.41) is 0. The van der Waals surface area contributed by atoms with Gasteiger partial charge in [0.1, 0.15) is 13.3 Å². The van der Waals surface area contributed by atoms with Crippen molar-refractivity contribution in [3.05, 3.63) is 0 Å². The predicted molar refractivity (Wildman–Crippen MR) is 149 cm³/mol. The molecule has 246 valence electrons. The number of hydrogen-bond donors (Lipinski definition) is 0. The van der Waals surface area contributed by atoms with E-state index in [2.05, 4.69) is 6.92 Å². The SMILES string of the molecule is CCCCCC(=O)OCCOCCOCCOCCOCCOCCOCCOCCOCCOCCOCCF. The molecule has 0 aliphatic heterocycles. The third-order valence-electron chi connectivity index (χ3n) is 5.04. The lowest BCUT2D eigenvalue weighted by Crippen LogP contribution is -2.15. The van der Waals surface area contributed by atoms with Gasteiger partial charge in [-0.3, -0.25) is 4.79 Å². The first-order valence-electron chi connectivity index (χ1n) is 14.8. The van der Waals surface area contributed by atoms with Gasteiger partial charge in [-0.15, -0.1) is 0 Å². The maximum atomic E-state index is 11.8. The minimum Gasteiger partial charge on any atom is -0.463 e. The molecule has 0 radical (unpaired) electrons. The zero-order valence-electron chi connectivity index (χ0n) is 25.2. The minimum absolute atomic E-state index is 0.112. The maximum absolute atomic E-state index is 11.8. The molecule has 0 rings (SSSR count). The van der Waals surface area contributed by atoms with Gasteiger partial charge < -0.3 is 52.1 Å². The molecule has 0 atom stereocenters. The normalized spacial score (nSPS) is 11.4. The summed E-state index contributed by atoms with van der Waals surface area (Å²) in [6.07, 6.45) is 3.49. The van der Waals surface area contributed by atoms with E-state index >= 15 is 0 Å². The topological polar surface area (TPSA) is 119 Å². The second kappa shape index (κ2) is 37.0. The minimum atomic E-state index is -0.476.